The van der Waals surface area contributed by atoms with E-state index in [1.54, 1.807) is 0 Å². The molecule has 0 amide bonds. The first-order valence-corrected chi connectivity index (χ1v) is 5.88. The highest BCUT2D eigenvalue weighted by molar-refractivity contribution is 9.10. The number of nitrogens with two attached hydrogens (primary N) is 1. The van der Waals surface area contributed by atoms with Crippen LogP contribution < -0.4 is 10.5 Å². The Morgan fingerprint density at radius 2 is 2.16 bits per heavy atom. The minimum absolute atomic E-state index is 0.0132. The summed E-state index contributed by atoms with van der Waals surface area (Å²) >= 11 is 3.18. The second kappa shape index (κ2) is 5.23. The summed E-state index contributed by atoms with van der Waals surface area (Å²) in [4.78, 5) is 14.5. The van der Waals surface area contributed by atoms with Gasteiger partial charge in [-0.05, 0) is 24.3 Å². The van der Waals surface area contributed by atoms with Crippen molar-refractivity contribution < 1.29 is 19.0 Å². The fraction of sp³-hybridized carbons (Fsp3) is 0. The molecule has 1 heterocycles. The van der Waals surface area contributed by atoms with Crippen molar-refractivity contribution in [1.29, 1.82) is 0 Å². The summed E-state index contributed by atoms with van der Waals surface area (Å²) in [5.41, 5.74) is 5.55. The van der Waals surface area contributed by atoms with Crippen molar-refractivity contribution in [3.63, 3.8) is 0 Å². The number of aromatic nitrogens is 1. The van der Waals surface area contributed by atoms with Gasteiger partial charge in [0.15, 0.2) is 11.6 Å². The number of carboxylic acid groups (broad SMARTS) is 1. The van der Waals surface area contributed by atoms with E-state index in [1.165, 1.54) is 24.3 Å². The van der Waals surface area contributed by atoms with Gasteiger partial charge in [0.1, 0.15) is 0 Å². The van der Waals surface area contributed by atoms with E-state index in [1.807, 2.05) is 0 Å². The predicted octanol–water partition coefficient (Wildman–Crippen LogP) is 3.06. The van der Waals surface area contributed by atoms with Crippen molar-refractivity contribution in [3.8, 4) is 11.6 Å². The number of rotatable bonds is 3. The monoisotopic (exact) mass is 326 g/mol. The van der Waals surface area contributed by atoms with Crippen LogP contribution in [0.25, 0.3) is 0 Å². The molecule has 7 heteroatoms. The van der Waals surface area contributed by atoms with E-state index in [9.17, 15) is 9.18 Å². The van der Waals surface area contributed by atoms with E-state index in [2.05, 4.69) is 20.9 Å². The maximum absolute atomic E-state index is 13.5. The summed E-state index contributed by atoms with van der Waals surface area (Å²) in [5, 5.41) is 8.77. The third kappa shape index (κ3) is 3.00. The number of nitrogen functional groups attached to an aromatic ring is 1. The third-order valence-electron chi connectivity index (χ3n) is 2.23. The number of anilines is 1. The van der Waals surface area contributed by atoms with Gasteiger partial charge in [-0.25, -0.2) is 14.2 Å². The van der Waals surface area contributed by atoms with Gasteiger partial charge in [-0.2, -0.15) is 0 Å². The molecule has 19 heavy (non-hydrogen) atoms. The first-order chi connectivity index (χ1) is 8.97. The summed E-state index contributed by atoms with van der Waals surface area (Å²) < 4.78 is 19.3. The molecule has 0 unspecified atom stereocenters. The van der Waals surface area contributed by atoms with Crippen LogP contribution in [0.5, 0.6) is 11.6 Å². The standard InChI is InChI=1S/C12H8BrFN2O3/c13-7-1-2-8(14)10(4-7)19-11-9(15)3-6(5-16-11)12(17)18/h1-5H,15H2,(H,17,18). The van der Waals surface area contributed by atoms with Gasteiger partial charge in [-0.3, -0.25) is 0 Å². The number of benzene rings is 1. The summed E-state index contributed by atoms with van der Waals surface area (Å²) in [7, 11) is 0. The normalized spacial score (nSPS) is 10.2. The Labute approximate surface area is 116 Å². The zero-order chi connectivity index (χ0) is 14.0. The van der Waals surface area contributed by atoms with Crippen LogP contribution in [0.1, 0.15) is 10.4 Å². The molecule has 98 valence electrons. The molecular formula is C12H8BrFN2O3. The molecule has 0 atom stereocenters. The van der Waals surface area contributed by atoms with Crippen LogP contribution in [0.4, 0.5) is 10.1 Å². The number of hydrogen-bond acceptors (Lipinski definition) is 4. The Hall–Kier alpha value is -2.15. The molecule has 0 radical (unpaired) electrons. The predicted molar refractivity (Wildman–Crippen MR) is 69.8 cm³/mol. The van der Waals surface area contributed by atoms with Gasteiger partial charge in [0, 0.05) is 10.7 Å². The second-order valence-corrected chi connectivity index (χ2v) is 4.52. The lowest BCUT2D eigenvalue weighted by Crippen LogP contribution is -2.02. The van der Waals surface area contributed by atoms with Crippen LogP contribution in [-0.4, -0.2) is 16.1 Å². The van der Waals surface area contributed by atoms with Crippen molar-refractivity contribution in [3.05, 3.63) is 46.3 Å². The molecule has 1 aromatic carbocycles. The summed E-state index contributed by atoms with van der Waals surface area (Å²) in [6.45, 7) is 0. The van der Waals surface area contributed by atoms with Crippen LogP contribution >= 0.6 is 15.9 Å². The van der Waals surface area contributed by atoms with E-state index >= 15 is 0 Å². The topological polar surface area (TPSA) is 85.4 Å². The van der Waals surface area contributed by atoms with Crippen molar-refractivity contribution in [2.24, 2.45) is 0 Å². The molecule has 0 aliphatic carbocycles. The molecule has 0 aliphatic rings. The largest absolute Gasteiger partial charge is 0.478 e. The van der Waals surface area contributed by atoms with Gasteiger partial charge >= 0.3 is 5.97 Å². The maximum Gasteiger partial charge on any atom is 0.337 e. The first-order valence-electron chi connectivity index (χ1n) is 5.09. The Kier molecular flexibility index (Phi) is 3.66. The number of carboxylic acids is 1. The van der Waals surface area contributed by atoms with E-state index in [0.29, 0.717) is 4.47 Å². The van der Waals surface area contributed by atoms with Crippen LogP contribution in [0.2, 0.25) is 0 Å². The van der Waals surface area contributed by atoms with Gasteiger partial charge in [0.2, 0.25) is 5.88 Å². The van der Waals surface area contributed by atoms with Crippen LogP contribution in [0, 0.1) is 5.82 Å². The smallest absolute Gasteiger partial charge is 0.337 e. The highest BCUT2D eigenvalue weighted by Crippen LogP contribution is 2.29. The fourth-order valence-electron chi connectivity index (χ4n) is 1.33. The zero-order valence-corrected chi connectivity index (χ0v) is 11.0. The number of aromatic carboxylic acids is 1. The van der Waals surface area contributed by atoms with Crippen LogP contribution in [0.15, 0.2) is 34.9 Å². The molecule has 0 bridgehead atoms. The minimum Gasteiger partial charge on any atom is -0.478 e. The van der Waals surface area contributed by atoms with Crippen molar-refractivity contribution >= 4 is 27.6 Å². The number of hydrogen-bond donors (Lipinski definition) is 2. The Balaban J connectivity index is 2.33. The van der Waals surface area contributed by atoms with Gasteiger partial charge < -0.3 is 15.6 Å². The average Bonchev–Trinajstić information content (AvgIpc) is 2.36. The second-order valence-electron chi connectivity index (χ2n) is 3.60. The highest BCUT2D eigenvalue weighted by atomic mass is 79.9. The lowest BCUT2D eigenvalue weighted by Gasteiger charge is -2.08. The number of halogens is 2. The summed E-state index contributed by atoms with van der Waals surface area (Å²) in [6, 6.07) is 5.36. The SMILES string of the molecule is Nc1cc(C(=O)O)cnc1Oc1cc(Br)ccc1F. The molecule has 0 saturated heterocycles. The number of ether oxygens (including phenoxy) is 1. The highest BCUT2D eigenvalue weighted by Gasteiger charge is 2.12. The fourth-order valence-corrected chi connectivity index (χ4v) is 1.67. The van der Waals surface area contributed by atoms with Crippen molar-refractivity contribution in [1.82, 2.24) is 4.98 Å². The van der Waals surface area contributed by atoms with Gasteiger partial charge in [0.05, 0.1) is 11.3 Å². The summed E-state index contributed by atoms with van der Waals surface area (Å²) in [5.74, 6) is -1.84. The molecule has 0 saturated carbocycles. The Morgan fingerprint density at radius 1 is 1.42 bits per heavy atom. The quantitative estimate of drug-likeness (QED) is 0.905. The third-order valence-corrected chi connectivity index (χ3v) is 2.72. The van der Waals surface area contributed by atoms with E-state index in [0.717, 1.165) is 6.20 Å². The van der Waals surface area contributed by atoms with Gasteiger partial charge in [0.25, 0.3) is 0 Å². The van der Waals surface area contributed by atoms with Crippen LogP contribution in [-0.2, 0) is 0 Å². The number of nitrogens with zero attached hydrogens (tertiary/aromatic N) is 1. The maximum atomic E-state index is 13.5. The van der Waals surface area contributed by atoms with Crippen molar-refractivity contribution in [2.75, 3.05) is 5.73 Å². The molecule has 0 spiro atoms. The molecule has 0 aliphatic heterocycles. The minimum atomic E-state index is -1.15. The van der Waals surface area contributed by atoms with E-state index < -0.39 is 11.8 Å². The Morgan fingerprint density at radius 3 is 2.79 bits per heavy atom. The molecule has 5 nitrogen and oxygen atoms in total. The Bertz CT molecular complexity index is 649. The molecule has 1 aromatic heterocycles. The van der Waals surface area contributed by atoms with E-state index in [-0.39, 0.29) is 22.9 Å². The van der Waals surface area contributed by atoms with Gasteiger partial charge in [-0.1, -0.05) is 15.9 Å². The lowest BCUT2D eigenvalue weighted by atomic mass is 10.2. The molecule has 3 N–H and O–H groups in total. The summed E-state index contributed by atoms with van der Waals surface area (Å²) in [6.07, 6.45) is 1.09. The number of pyridine rings is 1. The van der Waals surface area contributed by atoms with Crippen molar-refractivity contribution in [2.45, 2.75) is 0 Å². The number of carbonyl (C=O) groups is 1. The molecular weight excluding hydrogens is 319 g/mol. The van der Waals surface area contributed by atoms with E-state index in [4.69, 9.17) is 15.6 Å². The molecule has 2 rings (SSSR count). The average molecular weight is 327 g/mol. The van der Waals surface area contributed by atoms with Crippen LogP contribution in [0.3, 0.4) is 0 Å². The first kappa shape index (κ1) is 13.3. The molecule has 2 aromatic rings. The molecule has 0 fully saturated rings. The lowest BCUT2D eigenvalue weighted by molar-refractivity contribution is 0.0696. The van der Waals surface area contributed by atoms with Gasteiger partial charge in [-0.15, -0.1) is 0 Å². The zero-order valence-electron chi connectivity index (χ0n) is 9.43.